The summed E-state index contributed by atoms with van der Waals surface area (Å²) in [7, 11) is 0. The molecule has 0 saturated carbocycles. The fraction of sp³-hybridized carbons (Fsp3) is 0.750. The highest BCUT2D eigenvalue weighted by Gasteiger charge is 2.30. The van der Waals surface area contributed by atoms with E-state index in [1.807, 2.05) is 5.32 Å². The predicted octanol–water partition coefficient (Wildman–Crippen LogP) is 1.82. The summed E-state index contributed by atoms with van der Waals surface area (Å²) in [6.07, 6.45) is -5.80. The molecule has 0 heterocycles. The third kappa shape index (κ3) is 6.60. The van der Waals surface area contributed by atoms with E-state index < -0.39 is 24.9 Å². The molecule has 1 amide bonds. The Morgan fingerprint density at radius 3 is 2.40 bits per heavy atom. The molecule has 0 bridgehead atoms. The smallest absolute Gasteiger partial charge is 0.422 e. The minimum atomic E-state index is -4.56. The Morgan fingerprint density at radius 1 is 1.53 bits per heavy atom. The van der Waals surface area contributed by atoms with Crippen LogP contribution in [0.3, 0.4) is 0 Å². The molecule has 15 heavy (non-hydrogen) atoms. The Labute approximate surface area is 85.0 Å². The molecule has 0 spiro atoms. The fourth-order valence-corrected chi connectivity index (χ4v) is 0.664. The number of nitrogens with one attached hydrogen (secondary N) is 1. The number of alkyl halides is 3. The molecule has 0 aromatic carbocycles. The molecule has 0 aromatic heterocycles. The summed E-state index contributed by atoms with van der Waals surface area (Å²) in [4.78, 5) is 10.8. The van der Waals surface area contributed by atoms with Gasteiger partial charge in [0.05, 0.1) is 6.07 Å². The molecule has 0 aliphatic rings. The zero-order chi connectivity index (χ0) is 12.1. The molecule has 0 aromatic rings. The quantitative estimate of drug-likeness (QED) is 0.795. The zero-order valence-electron chi connectivity index (χ0n) is 8.26. The van der Waals surface area contributed by atoms with Gasteiger partial charge in [0.1, 0.15) is 6.04 Å². The lowest BCUT2D eigenvalue weighted by Crippen LogP contribution is -2.39. The number of nitriles is 1. The summed E-state index contributed by atoms with van der Waals surface area (Å²) in [6, 6.07) is 0.881. The maximum atomic E-state index is 11.6. The van der Waals surface area contributed by atoms with E-state index in [-0.39, 0.29) is 5.92 Å². The van der Waals surface area contributed by atoms with Gasteiger partial charge in [0.2, 0.25) is 0 Å². The molecule has 1 N–H and O–H groups in total. The summed E-state index contributed by atoms with van der Waals surface area (Å²) in [5.41, 5.74) is 0. The number of hydrogen-bond donors (Lipinski definition) is 1. The highest BCUT2D eigenvalue weighted by Crippen LogP contribution is 2.14. The standard InChI is InChI=1S/C8H11F3N2O2/c1-5(2)6(3-12)13-7(14)15-4-8(9,10)11/h5-6H,4H2,1-2H3,(H,13,14)/t6-/m1/s1. The number of ether oxygens (including phenoxy) is 1. The van der Waals surface area contributed by atoms with Crippen molar-refractivity contribution >= 4 is 6.09 Å². The number of amides is 1. The van der Waals surface area contributed by atoms with Crippen LogP contribution in [0.25, 0.3) is 0 Å². The summed E-state index contributed by atoms with van der Waals surface area (Å²) >= 11 is 0. The van der Waals surface area contributed by atoms with Gasteiger partial charge in [-0.05, 0) is 5.92 Å². The van der Waals surface area contributed by atoms with E-state index in [0.29, 0.717) is 0 Å². The molecule has 4 nitrogen and oxygen atoms in total. The monoisotopic (exact) mass is 224 g/mol. The predicted molar refractivity (Wildman–Crippen MR) is 44.8 cm³/mol. The molecule has 1 atom stereocenters. The third-order valence-corrected chi connectivity index (χ3v) is 1.45. The lowest BCUT2D eigenvalue weighted by atomic mass is 10.1. The Bertz CT molecular complexity index is 258. The van der Waals surface area contributed by atoms with E-state index >= 15 is 0 Å². The van der Waals surface area contributed by atoms with Crippen LogP contribution in [-0.4, -0.2) is 24.9 Å². The van der Waals surface area contributed by atoms with Gasteiger partial charge in [-0.1, -0.05) is 13.8 Å². The first-order valence-electron chi connectivity index (χ1n) is 4.16. The highest BCUT2D eigenvalue weighted by molar-refractivity contribution is 5.68. The molecular weight excluding hydrogens is 213 g/mol. The number of alkyl carbamates (subject to hydrolysis) is 1. The Hall–Kier alpha value is -1.45. The number of carbonyl (C=O) groups excluding carboxylic acids is 1. The minimum absolute atomic E-state index is 0.201. The van der Waals surface area contributed by atoms with Crippen molar-refractivity contribution in [3.8, 4) is 6.07 Å². The summed E-state index contributed by atoms with van der Waals surface area (Å²) in [5.74, 6) is -0.201. The van der Waals surface area contributed by atoms with E-state index in [1.54, 1.807) is 19.9 Å². The number of hydrogen-bond acceptors (Lipinski definition) is 3. The molecule has 86 valence electrons. The molecule has 0 radical (unpaired) electrons. The average molecular weight is 224 g/mol. The van der Waals surface area contributed by atoms with E-state index in [0.717, 1.165) is 0 Å². The molecule has 0 rings (SSSR count). The van der Waals surface area contributed by atoms with Crippen LogP contribution < -0.4 is 5.32 Å². The van der Waals surface area contributed by atoms with Crippen molar-refractivity contribution in [2.24, 2.45) is 5.92 Å². The van der Waals surface area contributed by atoms with Crippen LogP contribution in [0.2, 0.25) is 0 Å². The molecule has 0 saturated heterocycles. The zero-order valence-corrected chi connectivity index (χ0v) is 8.26. The van der Waals surface area contributed by atoms with Crippen LogP contribution in [0.4, 0.5) is 18.0 Å². The van der Waals surface area contributed by atoms with Crippen molar-refractivity contribution in [2.45, 2.75) is 26.1 Å². The van der Waals surface area contributed by atoms with Gasteiger partial charge in [-0.25, -0.2) is 4.79 Å². The van der Waals surface area contributed by atoms with Crippen molar-refractivity contribution in [1.29, 1.82) is 5.26 Å². The Balaban J connectivity index is 3.99. The van der Waals surface area contributed by atoms with Crippen LogP contribution in [0.15, 0.2) is 0 Å². The third-order valence-electron chi connectivity index (χ3n) is 1.45. The Kier molecular flexibility index (Phi) is 4.91. The van der Waals surface area contributed by atoms with Crippen LogP contribution in [-0.2, 0) is 4.74 Å². The first kappa shape index (κ1) is 13.5. The van der Waals surface area contributed by atoms with Crippen LogP contribution in [0.5, 0.6) is 0 Å². The second-order valence-corrected chi connectivity index (χ2v) is 3.19. The largest absolute Gasteiger partial charge is 0.440 e. The van der Waals surface area contributed by atoms with Crippen molar-refractivity contribution in [3.05, 3.63) is 0 Å². The van der Waals surface area contributed by atoms with Gasteiger partial charge < -0.3 is 10.1 Å². The second-order valence-electron chi connectivity index (χ2n) is 3.19. The Morgan fingerprint density at radius 2 is 2.07 bits per heavy atom. The van der Waals surface area contributed by atoms with E-state index in [9.17, 15) is 18.0 Å². The van der Waals surface area contributed by atoms with Crippen molar-refractivity contribution in [3.63, 3.8) is 0 Å². The van der Waals surface area contributed by atoms with E-state index in [4.69, 9.17) is 5.26 Å². The lowest BCUT2D eigenvalue weighted by Gasteiger charge is -2.15. The topological polar surface area (TPSA) is 62.1 Å². The van der Waals surface area contributed by atoms with E-state index in [2.05, 4.69) is 4.74 Å². The first-order chi connectivity index (χ1) is 6.76. The van der Waals surface area contributed by atoms with Crippen molar-refractivity contribution < 1.29 is 22.7 Å². The molecule has 0 unspecified atom stereocenters. The highest BCUT2D eigenvalue weighted by atomic mass is 19.4. The molecule has 0 aliphatic carbocycles. The average Bonchev–Trinajstić information content (AvgIpc) is 2.09. The van der Waals surface area contributed by atoms with E-state index in [1.165, 1.54) is 0 Å². The van der Waals surface area contributed by atoms with Gasteiger partial charge in [0, 0.05) is 0 Å². The number of halogens is 3. The molecular formula is C8H11F3N2O2. The van der Waals surface area contributed by atoms with Crippen LogP contribution >= 0.6 is 0 Å². The summed E-state index contributed by atoms with van der Waals surface area (Å²) < 4.78 is 38.7. The number of rotatable bonds is 3. The number of carbonyl (C=O) groups is 1. The normalized spacial score (nSPS) is 13.1. The van der Waals surface area contributed by atoms with Crippen LogP contribution in [0.1, 0.15) is 13.8 Å². The minimum Gasteiger partial charge on any atom is -0.440 e. The van der Waals surface area contributed by atoms with Gasteiger partial charge in [-0.2, -0.15) is 18.4 Å². The molecule has 7 heteroatoms. The lowest BCUT2D eigenvalue weighted by molar-refractivity contribution is -0.160. The van der Waals surface area contributed by atoms with Gasteiger partial charge >= 0.3 is 12.3 Å². The summed E-state index contributed by atoms with van der Waals surface area (Å²) in [6.45, 7) is 1.64. The van der Waals surface area contributed by atoms with Gasteiger partial charge in [-0.15, -0.1) is 0 Å². The van der Waals surface area contributed by atoms with Crippen LogP contribution in [0, 0.1) is 17.2 Å². The SMILES string of the molecule is CC(C)[C@@H](C#N)NC(=O)OCC(F)(F)F. The van der Waals surface area contributed by atoms with Gasteiger partial charge in [0.25, 0.3) is 0 Å². The maximum Gasteiger partial charge on any atom is 0.422 e. The second kappa shape index (κ2) is 5.44. The maximum absolute atomic E-state index is 11.6. The fourth-order valence-electron chi connectivity index (χ4n) is 0.664. The molecule has 0 aliphatic heterocycles. The van der Waals surface area contributed by atoms with Crippen molar-refractivity contribution in [1.82, 2.24) is 5.32 Å². The molecule has 0 fully saturated rings. The summed E-state index contributed by atoms with van der Waals surface area (Å²) in [5, 5.41) is 10.5. The van der Waals surface area contributed by atoms with Gasteiger partial charge in [-0.3, -0.25) is 0 Å². The number of nitrogens with zero attached hydrogens (tertiary/aromatic N) is 1. The first-order valence-corrected chi connectivity index (χ1v) is 4.16. The van der Waals surface area contributed by atoms with Gasteiger partial charge in [0.15, 0.2) is 6.61 Å². The van der Waals surface area contributed by atoms with Crippen molar-refractivity contribution in [2.75, 3.05) is 6.61 Å².